The fourth-order valence-corrected chi connectivity index (χ4v) is 1.02. The van der Waals surface area contributed by atoms with Gasteiger partial charge in [0.15, 0.2) is 0 Å². The van der Waals surface area contributed by atoms with Gasteiger partial charge in [0.2, 0.25) is 0 Å². The SMILES string of the molecule is c1ccc(Cn2cnnn2)cc1. The van der Waals surface area contributed by atoms with E-state index >= 15 is 0 Å². The van der Waals surface area contributed by atoms with E-state index < -0.39 is 0 Å². The van der Waals surface area contributed by atoms with Crippen LogP contribution in [0.15, 0.2) is 36.7 Å². The number of hydrogen-bond donors (Lipinski definition) is 0. The van der Waals surface area contributed by atoms with Gasteiger partial charge in [-0.25, -0.2) is 4.68 Å². The van der Waals surface area contributed by atoms with Crippen molar-refractivity contribution in [2.75, 3.05) is 0 Å². The minimum Gasteiger partial charge on any atom is -0.228 e. The lowest BCUT2D eigenvalue weighted by Crippen LogP contribution is -1.99. The Morgan fingerprint density at radius 2 is 2.00 bits per heavy atom. The summed E-state index contributed by atoms with van der Waals surface area (Å²) in [5, 5.41) is 10.9. The van der Waals surface area contributed by atoms with Crippen LogP contribution in [0.3, 0.4) is 0 Å². The van der Waals surface area contributed by atoms with E-state index in [1.807, 2.05) is 30.3 Å². The van der Waals surface area contributed by atoms with Gasteiger partial charge in [0, 0.05) is 0 Å². The molecule has 2 aromatic rings. The molecule has 0 fully saturated rings. The number of nitrogens with zero attached hydrogens (tertiary/aromatic N) is 4. The molecular formula is C8H8N4. The lowest BCUT2D eigenvalue weighted by molar-refractivity contribution is 0.648. The van der Waals surface area contributed by atoms with Crippen molar-refractivity contribution < 1.29 is 0 Å². The van der Waals surface area contributed by atoms with Gasteiger partial charge < -0.3 is 0 Å². The summed E-state index contributed by atoms with van der Waals surface area (Å²) in [6, 6.07) is 10.1. The van der Waals surface area contributed by atoms with E-state index in [2.05, 4.69) is 15.5 Å². The summed E-state index contributed by atoms with van der Waals surface area (Å²) in [6.45, 7) is 0.730. The fourth-order valence-electron chi connectivity index (χ4n) is 1.02. The maximum Gasteiger partial charge on any atom is 0.138 e. The zero-order chi connectivity index (χ0) is 8.23. The van der Waals surface area contributed by atoms with Gasteiger partial charge >= 0.3 is 0 Å². The normalized spacial score (nSPS) is 10.0. The first-order chi connectivity index (χ1) is 5.95. The molecule has 1 aromatic heterocycles. The highest BCUT2D eigenvalue weighted by Crippen LogP contribution is 1.99. The van der Waals surface area contributed by atoms with Gasteiger partial charge in [-0.15, -0.1) is 5.10 Å². The van der Waals surface area contributed by atoms with Gasteiger partial charge in [0.05, 0.1) is 6.54 Å². The summed E-state index contributed by atoms with van der Waals surface area (Å²) in [5.41, 5.74) is 1.20. The Morgan fingerprint density at radius 1 is 1.17 bits per heavy atom. The second-order valence-corrected chi connectivity index (χ2v) is 2.49. The van der Waals surface area contributed by atoms with Crippen molar-refractivity contribution in [3.8, 4) is 0 Å². The van der Waals surface area contributed by atoms with Crippen LogP contribution in [0.1, 0.15) is 5.56 Å². The maximum absolute atomic E-state index is 3.77. The van der Waals surface area contributed by atoms with Crippen LogP contribution in [-0.2, 0) is 6.54 Å². The van der Waals surface area contributed by atoms with Gasteiger partial charge in [0.25, 0.3) is 0 Å². The predicted molar refractivity (Wildman–Crippen MR) is 43.4 cm³/mol. The number of benzene rings is 1. The Bertz CT molecular complexity index is 327. The Labute approximate surface area is 69.8 Å². The third-order valence-corrected chi connectivity index (χ3v) is 1.58. The summed E-state index contributed by atoms with van der Waals surface area (Å²) in [7, 11) is 0. The molecule has 60 valence electrons. The summed E-state index contributed by atoms with van der Waals surface area (Å²) < 4.78 is 1.69. The van der Waals surface area contributed by atoms with Crippen LogP contribution in [-0.4, -0.2) is 20.2 Å². The number of rotatable bonds is 2. The molecule has 0 N–H and O–H groups in total. The lowest BCUT2D eigenvalue weighted by Gasteiger charge is -1.97. The summed E-state index contributed by atoms with van der Waals surface area (Å²) in [4.78, 5) is 0. The van der Waals surface area contributed by atoms with Crippen LogP contribution in [0.5, 0.6) is 0 Å². The number of tetrazole rings is 1. The summed E-state index contributed by atoms with van der Waals surface area (Å²) in [5.74, 6) is 0. The topological polar surface area (TPSA) is 43.6 Å². The molecule has 0 saturated heterocycles. The predicted octanol–water partition coefficient (Wildman–Crippen LogP) is 0.721. The van der Waals surface area contributed by atoms with Crippen LogP contribution in [0, 0.1) is 0 Å². The molecule has 4 nitrogen and oxygen atoms in total. The second-order valence-electron chi connectivity index (χ2n) is 2.49. The monoisotopic (exact) mass is 160 g/mol. The first-order valence-corrected chi connectivity index (χ1v) is 3.70. The molecule has 2 rings (SSSR count). The fraction of sp³-hybridized carbons (Fsp3) is 0.125. The Morgan fingerprint density at radius 3 is 2.67 bits per heavy atom. The standard InChI is InChI=1S/C8H8N4/c1-2-4-8(5-3-1)6-12-7-9-10-11-12/h1-5,7H,6H2. The van der Waals surface area contributed by atoms with E-state index in [-0.39, 0.29) is 0 Å². The Balaban J connectivity index is 2.15. The number of hydrogen-bond acceptors (Lipinski definition) is 3. The molecule has 0 spiro atoms. The zero-order valence-corrected chi connectivity index (χ0v) is 6.46. The Hall–Kier alpha value is -1.71. The second kappa shape index (κ2) is 3.13. The summed E-state index contributed by atoms with van der Waals surface area (Å²) >= 11 is 0. The highest BCUT2D eigenvalue weighted by molar-refractivity contribution is 5.14. The van der Waals surface area contributed by atoms with E-state index in [1.54, 1.807) is 11.0 Å². The van der Waals surface area contributed by atoms with Crippen LogP contribution < -0.4 is 0 Å². The van der Waals surface area contributed by atoms with E-state index in [1.165, 1.54) is 5.56 Å². The molecule has 0 aliphatic rings. The van der Waals surface area contributed by atoms with Crippen molar-refractivity contribution in [3.63, 3.8) is 0 Å². The minimum absolute atomic E-state index is 0.730. The summed E-state index contributed by atoms with van der Waals surface area (Å²) in [6.07, 6.45) is 1.60. The molecule has 4 heteroatoms. The number of aromatic nitrogens is 4. The zero-order valence-electron chi connectivity index (χ0n) is 6.46. The Kier molecular flexibility index (Phi) is 1.82. The molecule has 0 aliphatic heterocycles. The highest BCUT2D eigenvalue weighted by atomic mass is 15.5. The molecule has 1 heterocycles. The maximum atomic E-state index is 3.77. The quantitative estimate of drug-likeness (QED) is 0.650. The van der Waals surface area contributed by atoms with Crippen molar-refractivity contribution in [1.29, 1.82) is 0 Å². The van der Waals surface area contributed by atoms with E-state index in [4.69, 9.17) is 0 Å². The molecule has 12 heavy (non-hydrogen) atoms. The van der Waals surface area contributed by atoms with E-state index in [9.17, 15) is 0 Å². The molecule has 0 amide bonds. The van der Waals surface area contributed by atoms with Crippen molar-refractivity contribution in [2.45, 2.75) is 6.54 Å². The van der Waals surface area contributed by atoms with Crippen LogP contribution in [0.4, 0.5) is 0 Å². The first-order valence-electron chi connectivity index (χ1n) is 3.70. The lowest BCUT2D eigenvalue weighted by atomic mass is 10.2. The van der Waals surface area contributed by atoms with Crippen molar-refractivity contribution in [2.24, 2.45) is 0 Å². The smallest absolute Gasteiger partial charge is 0.138 e. The van der Waals surface area contributed by atoms with Crippen molar-refractivity contribution in [3.05, 3.63) is 42.2 Å². The third kappa shape index (κ3) is 1.47. The molecule has 0 bridgehead atoms. The van der Waals surface area contributed by atoms with Crippen LogP contribution >= 0.6 is 0 Å². The molecule has 0 saturated carbocycles. The van der Waals surface area contributed by atoms with Gasteiger partial charge in [-0.2, -0.15) is 0 Å². The largest absolute Gasteiger partial charge is 0.228 e. The molecule has 0 radical (unpaired) electrons. The first kappa shape index (κ1) is 6.97. The van der Waals surface area contributed by atoms with Crippen molar-refractivity contribution in [1.82, 2.24) is 20.2 Å². The molecule has 0 aliphatic carbocycles. The van der Waals surface area contributed by atoms with Gasteiger partial charge in [-0.1, -0.05) is 30.3 Å². The molecule has 0 atom stereocenters. The minimum atomic E-state index is 0.730. The van der Waals surface area contributed by atoms with Gasteiger partial charge in [-0.05, 0) is 16.0 Å². The third-order valence-electron chi connectivity index (χ3n) is 1.58. The van der Waals surface area contributed by atoms with Crippen molar-refractivity contribution >= 4 is 0 Å². The highest BCUT2D eigenvalue weighted by Gasteiger charge is 1.93. The van der Waals surface area contributed by atoms with Crippen LogP contribution in [0.2, 0.25) is 0 Å². The molecule has 0 unspecified atom stereocenters. The van der Waals surface area contributed by atoms with Crippen LogP contribution in [0.25, 0.3) is 0 Å². The average Bonchev–Trinajstić information content (AvgIpc) is 2.59. The van der Waals surface area contributed by atoms with E-state index in [0.717, 1.165) is 6.54 Å². The molecule has 1 aromatic carbocycles. The van der Waals surface area contributed by atoms with E-state index in [0.29, 0.717) is 0 Å². The molecular weight excluding hydrogens is 152 g/mol. The van der Waals surface area contributed by atoms with Gasteiger partial charge in [0.1, 0.15) is 6.33 Å². The average molecular weight is 160 g/mol. The van der Waals surface area contributed by atoms with Gasteiger partial charge in [-0.3, -0.25) is 0 Å².